The smallest absolute Gasteiger partial charge is 0.206 e. The Kier molecular flexibility index (Phi) is 4.10. The van der Waals surface area contributed by atoms with Crippen molar-refractivity contribution >= 4 is 33.0 Å². The lowest BCUT2D eigenvalue weighted by atomic mass is 9.89. The molecule has 0 saturated heterocycles. The third kappa shape index (κ3) is 3.01. The molecule has 3 nitrogen and oxygen atoms in total. The van der Waals surface area contributed by atoms with Crippen molar-refractivity contribution in [2.45, 2.75) is 35.4 Å². The molecular formula is C15H16ClNO2S2. The van der Waals surface area contributed by atoms with Crippen LogP contribution in [0.15, 0.2) is 46.0 Å². The van der Waals surface area contributed by atoms with Crippen LogP contribution >= 0.6 is 22.9 Å². The highest BCUT2D eigenvalue weighted by Gasteiger charge is 2.39. The maximum absolute atomic E-state index is 12.6. The summed E-state index contributed by atoms with van der Waals surface area (Å²) in [6.07, 6.45) is 3.63. The molecular weight excluding hydrogens is 326 g/mol. The molecule has 3 rings (SSSR count). The third-order valence-corrected chi connectivity index (χ3v) is 7.09. The molecule has 6 heteroatoms. The predicted octanol–water partition coefficient (Wildman–Crippen LogP) is 4.15. The molecule has 1 aliphatic carbocycles. The molecule has 1 fully saturated rings. The highest BCUT2D eigenvalue weighted by Crippen LogP contribution is 2.40. The first-order valence-electron chi connectivity index (χ1n) is 6.85. The number of thiophene rings is 1. The minimum absolute atomic E-state index is 0.357. The number of benzene rings is 1. The fourth-order valence-corrected chi connectivity index (χ4v) is 5.57. The van der Waals surface area contributed by atoms with Gasteiger partial charge in [0, 0.05) is 5.02 Å². The van der Waals surface area contributed by atoms with Gasteiger partial charge in [-0.05, 0) is 42.0 Å². The molecule has 0 atom stereocenters. The van der Waals surface area contributed by atoms with E-state index in [0.29, 0.717) is 9.23 Å². The van der Waals surface area contributed by atoms with Gasteiger partial charge in [0.2, 0.25) is 0 Å². The molecule has 1 aliphatic rings. The molecule has 112 valence electrons. The Bertz CT molecular complexity index is 720. The molecule has 0 amide bonds. The van der Waals surface area contributed by atoms with E-state index in [-0.39, 0.29) is 0 Å². The molecule has 2 aromatic rings. The van der Waals surface area contributed by atoms with Crippen molar-refractivity contribution in [3.8, 4) is 0 Å². The predicted molar refractivity (Wildman–Crippen MR) is 86.2 cm³/mol. The Morgan fingerprint density at radius 3 is 2.52 bits per heavy atom. The molecule has 1 aromatic carbocycles. The molecule has 1 heterocycles. The van der Waals surface area contributed by atoms with Crippen LogP contribution in [0.2, 0.25) is 5.02 Å². The van der Waals surface area contributed by atoms with E-state index in [9.17, 15) is 8.42 Å². The van der Waals surface area contributed by atoms with Gasteiger partial charge < -0.3 is 0 Å². The van der Waals surface area contributed by atoms with Gasteiger partial charge in [0.1, 0.15) is 4.21 Å². The molecule has 0 unspecified atom stereocenters. The second kappa shape index (κ2) is 5.72. The Morgan fingerprint density at radius 2 is 1.90 bits per heavy atom. The highest BCUT2D eigenvalue weighted by atomic mass is 35.5. The molecule has 1 aromatic heterocycles. The Balaban J connectivity index is 1.99. The van der Waals surface area contributed by atoms with Gasteiger partial charge in [0.25, 0.3) is 10.0 Å². The molecule has 0 bridgehead atoms. The second-order valence-corrected chi connectivity index (χ2v) is 8.63. The number of sulfonamides is 1. The van der Waals surface area contributed by atoms with Gasteiger partial charge in [-0.1, -0.05) is 42.6 Å². The van der Waals surface area contributed by atoms with E-state index in [2.05, 4.69) is 4.72 Å². The Hall–Kier alpha value is -0.880. The summed E-state index contributed by atoms with van der Waals surface area (Å²) in [5.41, 5.74) is 0.418. The van der Waals surface area contributed by atoms with Gasteiger partial charge in [0.05, 0.1) is 5.54 Å². The first-order chi connectivity index (χ1) is 10.0. The Labute approximate surface area is 134 Å². The quantitative estimate of drug-likeness (QED) is 0.908. The standard InChI is InChI=1S/C15H16ClNO2S2/c16-13-6-3-5-12(11-13)15(8-1-2-9-15)17-21(18,19)14-7-4-10-20-14/h3-7,10-11,17H,1-2,8-9H2. The van der Waals surface area contributed by atoms with Crippen molar-refractivity contribution in [2.75, 3.05) is 0 Å². The Morgan fingerprint density at radius 1 is 1.14 bits per heavy atom. The maximum atomic E-state index is 12.6. The third-order valence-electron chi connectivity index (χ3n) is 3.92. The van der Waals surface area contributed by atoms with E-state index in [1.807, 2.05) is 24.3 Å². The molecule has 21 heavy (non-hydrogen) atoms. The van der Waals surface area contributed by atoms with E-state index < -0.39 is 15.6 Å². The zero-order chi connectivity index (χ0) is 14.9. The van der Waals surface area contributed by atoms with Crippen LogP contribution in [0.25, 0.3) is 0 Å². The van der Waals surface area contributed by atoms with Crippen LogP contribution in [-0.2, 0) is 15.6 Å². The molecule has 0 spiro atoms. The largest absolute Gasteiger partial charge is 0.250 e. The summed E-state index contributed by atoms with van der Waals surface area (Å²) in [5, 5.41) is 2.41. The highest BCUT2D eigenvalue weighted by molar-refractivity contribution is 7.91. The van der Waals surface area contributed by atoms with Gasteiger partial charge in [-0.15, -0.1) is 11.3 Å². The number of nitrogens with one attached hydrogen (secondary N) is 1. The lowest BCUT2D eigenvalue weighted by molar-refractivity contribution is 0.405. The van der Waals surface area contributed by atoms with Crippen molar-refractivity contribution in [1.29, 1.82) is 0 Å². The number of halogens is 1. The van der Waals surface area contributed by atoms with Crippen LogP contribution in [0.4, 0.5) is 0 Å². The fourth-order valence-electron chi connectivity index (χ4n) is 2.94. The summed E-state index contributed by atoms with van der Waals surface area (Å²) < 4.78 is 28.5. The van der Waals surface area contributed by atoms with Crippen LogP contribution < -0.4 is 4.72 Å². The van der Waals surface area contributed by atoms with Crippen LogP contribution in [0.5, 0.6) is 0 Å². The van der Waals surface area contributed by atoms with E-state index >= 15 is 0 Å². The van der Waals surface area contributed by atoms with Gasteiger partial charge >= 0.3 is 0 Å². The van der Waals surface area contributed by atoms with Crippen molar-refractivity contribution in [2.24, 2.45) is 0 Å². The molecule has 0 radical (unpaired) electrons. The summed E-state index contributed by atoms with van der Waals surface area (Å²) in [7, 11) is -3.49. The lowest BCUT2D eigenvalue weighted by Crippen LogP contribution is -2.43. The average Bonchev–Trinajstić information content (AvgIpc) is 3.10. The second-order valence-electron chi connectivity index (χ2n) is 5.34. The van der Waals surface area contributed by atoms with Crippen molar-refractivity contribution in [3.05, 3.63) is 52.4 Å². The van der Waals surface area contributed by atoms with E-state index in [4.69, 9.17) is 11.6 Å². The zero-order valence-corrected chi connectivity index (χ0v) is 13.8. The minimum Gasteiger partial charge on any atom is -0.206 e. The van der Waals surface area contributed by atoms with Crippen molar-refractivity contribution in [1.82, 2.24) is 4.72 Å². The maximum Gasteiger partial charge on any atom is 0.250 e. The summed E-state index contributed by atoms with van der Waals surface area (Å²) in [6.45, 7) is 0. The normalized spacial score (nSPS) is 18.0. The lowest BCUT2D eigenvalue weighted by Gasteiger charge is -2.30. The van der Waals surface area contributed by atoms with E-state index in [1.54, 1.807) is 17.5 Å². The summed E-state index contributed by atoms with van der Waals surface area (Å²) >= 11 is 7.31. The zero-order valence-electron chi connectivity index (χ0n) is 11.4. The van der Waals surface area contributed by atoms with Gasteiger partial charge in [-0.25, -0.2) is 8.42 Å². The van der Waals surface area contributed by atoms with Crippen LogP contribution in [0.3, 0.4) is 0 Å². The molecule has 1 saturated carbocycles. The number of rotatable bonds is 4. The van der Waals surface area contributed by atoms with Crippen molar-refractivity contribution < 1.29 is 8.42 Å². The summed E-state index contributed by atoms with van der Waals surface area (Å²) in [4.78, 5) is 0. The molecule has 1 N–H and O–H groups in total. The van der Waals surface area contributed by atoms with Crippen LogP contribution in [0, 0.1) is 0 Å². The monoisotopic (exact) mass is 341 g/mol. The summed E-state index contributed by atoms with van der Waals surface area (Å²) in [6, 6.07) is 10.9. The topological polar surface area (TPSA) is 46.2 Å². The van der Waals surface area contributed by atoms with E-state index in [1.165, 1.54) is 11.3 Å². The average molecular weight is 342 g/mol. The van der Waals surface area contributed by atoms with E-state index in [0.717, 1.165) is 31.2 Å². The van der Waals surface area contributed by atoms with Crippen LogP contribution in [-0.4, -0.2) is 8.42 Å². The van der Waals surface area contributed by atoms with Gasteiger partial charge in [-0.2, -0.15) is 4.72 Å². The van der Waals surface area contributed by atoms with Gasteiger partial charge in [0.15, 0.2) is 0 Å². The fraction of sp³-hybridized carbons (Fsp3) is 0.333. The molecule has 0 aliphatic heterocycles. The van der Waals surface area contributed by atoms with Gasteiger partial charge in [-0.3, -0.25) is 0 Å². The number of hydrogen-bond donors (Lipinski definition) is 1. The summed E-state index contributed by atoms with van der Waals surface area (Å²) in [5.74, 6) is 0. The SMILES string of the molecule is O=S(=O)(NC1(c2cccc(Cl)c2)CCCC1)c1cccs1. The van der Waals surface area contributed by atoms with Crippen LogP contribution in [0.1, 0.15) is 31.2 Å². The first kappa shape index (κ1) is 15.0. The van der Waals surface area contributed by atoms with Crippen molar-refractivity contribution in [3.63, 3.8) is 0 Å². The number of hydrogen-bond acceptors (Lipinski definition) is 3. The first-order valence-corrected chi connectivity index (χ1v) is 9.59. The minimum atomic E-state index is -3.49.